The molecule has 1 unspecified atom stereocenters. The van der Waals surface area contributed by atoms with Gasteiger partial charge < -0.3 is 4.90 Å². The molecule has 0 bridgehead atoms. The van der Waals surface area contributed by atoms with Gasteiger partial charge in [-0.1, -0.05) is 0 Å². The van der Waals surface area contributed by atoms with Crippen molar-refractivity contribution in [3.05, 3.63) is 0 Å². The molecule has 0 aromatic carbocycles. The summed E-state index contributed by atoms with van der Waals surface area (Å²) in [7, 11) is -1.37. The molecule has 6 nitrogen and oxygen atoms in total. The highest BCUT2D eigenvalue weighted by atomic mass is 35.7. The van der Waals surface area contributed by atoms with Gasteiger partial charge >= 0.3 is 0 Å². The van der Waals surface area contributed by atoms with Crippen molar-refractivity contribution in [3.8, 4) is 0 Å². The summed E-state index contributed by atoms with van der Waals surface area (Å²) >= 11 is 0. The van der Waals surface area contributed by atoms with Crippen LogP contribution in [-0.4, -0.2) is 57.5 Å². The Labute approximate surface area is 117 Å². The van der Waals surface area contributed by atoms with Gasteiger partial charge in [0.1, 0.15) is 9.84 Å². The van der Waals surface area contributed by atoms with Gasteiger partial charge in [0.25, 0.3) is 0 Å². The minimum Gasteiger partial charge on any atom is -0.339 e. The summed E-state index contributed by atoms with van der Waals surface area (Å²) in [5.41, 5.74) is 0. The molecule has 0 aliphatic carbocycles. The monoisotopic (exact) mass is 329 g/mol. The largest absolute Gasteiger partial charge is 0.339 e. The zero-order valence-electron chi connectivity index (χ0n) is 10.3. The standard InChI is InChI=1S/C10H16ClNO5S2/c11-19(16,17)7-8-5-10(13)12(6-8)9-1-3-18(14,15)4-2-9/h8-9H,1-7H2. The first-order valence-corrected chi connectivity index (χ1v) is 10.4. The van der Waals surface area contributed by atoms with Crippen molar-refractivity contribution >= 4 is 35.5 Å². The molecule has 2 aliphatic rings. The second-order valence-electron chi connectivity index (χ2n) is 5.20. The topological polar surface area (TPSA) is 88.6 Å². The van der Waals surface area contributed by atoms with Crippen LogP contribution in [0.1, 0.15) is 19.3 Å². The quantitative estimate of drug-likeness (QED) is 0.679. The fourth-order valence-corrected chi connectivity index (χ4v) is 5.53. The van der Waals surface area contributed by atoms with Gasteiger partial charge in [-0.3, -0.25) is 4.79 Å². The van der Waals surface area contributed by atoms with E-state index in [2.05, 4.69) is 0 Å². The van der Waals surface area contributed by atoms with Gasteiger partial charge in [0.05, 0.1) is 17.3 Å². The van der Waals surface area contributed by atoms with Crippen molar-refractivity contribution in [2.24, 2.45) is 5.92 Å². The second-order valence-corrected chi connectivity index (χ2v) is 10.3. The normalized spacial score (nSPS) is 28.8. The van der Waals surface area contributed by atoms with Crippen molar-refractivity contribution in [1.82, 2.24) is 4.90 Å². The third-order valence-corrected chi connectivity index (χ3v) is 6.60. The van der Waals surface area contributed by atoms with E-state index in [1.54, 1.807) is 4.90 Å². The molecule has 2 fully saturated rings. The van der Waals surface area contributed by atoms with Crippen molar-refractivity contribution in [3.63, 3.8) is 0 Å². The van der Waals surface area contributed by atoms with Crippen molar-refractivity contribution in [2.45, 2.75) is 25.3 Å². The van der Waals surface area contributed by atoms with E-state index in [4.69, 9.17) is 10.7 Å². The maximum atomic E-state index is 11.9. The Morgan fingerprint density at radius 2 is 1.84 bits per heavy atom. The van der Waals surface area contributed by atoms with Gasteiger partial charge in [-0.05, 0) is 12.8 Å². The molecular formula is C10H16ClNO5S2. The molecule has 0 aromatic rings. The molecule has 1 atom stereocenters. The van der Waals surface area contributed by atoms with Gasteiger partial charge in [0.2, 0.25) is 15.0 Å². The first kappa shape index (κ1) is 15.1. The predicted molar refractivity (Wildman–Crippen MR) is 71.1 cm³/mol. The van der Waals surface area contributed by atoms with E-state index in [1.807, 2.05) is 0 Å². The highest BCUT2D eigenvalue weighted by molar-refractivity contribution is 8.13. The van der Waals surface area contributed by atoms with E-state index in [9.17, 15) is 21.6 Å². The Kier molecular flexibility index (Phi) is 4.13. The number of amides is 1. The number of carbonyl (C=O) groups is 1. The number of carbonyl (C=O) groups excluding carboxylic acids is 1. The summed E-state index contributed by atoms with van der Waals surface area (Å²) in [5.74, 6) is -0.398. The lowest BCUT2D eigenvalue weighted by Gasteiger charge is -2.31. The SMILES string of the molecule is O=C1CC(CS(=O)(=O)Cl)CN1C1CCS(=O)(=O)CC1. The van der Waals surface area contributed by atoms with E-state index in [-0.39, 0.29) is 41.5 Å². The molecule has 9 heteroatoms. The van der Waals surface area contributed by atoms with Crippen LogP contribution in [0.2, 0.25) is 0 Å². The highest BCUT2D eigenvalue weighted by Gasteiger charge is 2.38. The van der Waals surface area contributed by atoms with Crippen LogP contribution < -0.4 is 0 Å². The van der Waals surface area contributed by atoms with Crippen LogP contribution in [0.15, 0.2) is 0 Å². The molecule has 0 spiro atoms. The average molecular weight is 330 g/mol. The summed E-state index contributed by atoms with van der Waals surface area (Å²) in [6.45, 7) is 0.357. The van der Waals surface area contributed by atoms with Crippen LogP contribution in [0, 0.1) is 5.92 Å². The smallest absolute Gasteiger partial charge is 0.232 e. The fraction of sp³-hybridized carbons (Fsp3) is 0.900. The number of sulfone groups is 1. The number of likely N-dealkylation sites (tertiary alicyclic amines) is 1. The number of hydrogen-bond donors (Lipinski definition) is 0. The fourth-order valence-electron chi connectivity index (χ4n) is 2.74. The molecule has 0 saturated carbocycles. The molecule has 0 N–H and O–H groups in total. The summed E-state index contributed by atoms with van der Waals surface area (Å²) in [6.07, 6.45) is 1.05. The van der Waals surface area contributed by atoms with Gasteiger partial charge in [0.15, 0.2) is 0 Å². The van der Waals surface area contributed by atoms with Crippen LogP contribution in [0.5, 0.6) is 0 Å². The molecule has 19 heavy (non-hydrogen) atoms. The third kappa shape index (κ3) is 4.06. The number of rotatable bonds is 3. The Hall–Kier alpha value is -0.340. The highest BCUT2D eigenvalue weighted by Crippen LogP contribution is 2.27. The van der Waals surface area contributed by atoms with Gasteiger partial charge in [-0.15, -0.1) is 0 Å². The molecule has 110 valence electrons. The molecule has 2 rings (SSSR count). The van der Waals surface area contributed by atoms with Crippen molar-refractivity contribution in [2.75, 3.05) is 23.8 Å². The number of hydrogen-bond acceptors (Lipinski definition) is 5. The van der Waals surface area contributed by atoms with E-state index in [1.165, 1.54) is 0 Å². The van der Waals surface area contributed by atoms with E-state index in [0.29, 0.717) is 19.4 Å². The van der Waals surface area contributed by atoms with Crippen LogP contribution >= 0.6 is 10.7 Å². The molecule has 0 aromatic heterocycles. The summed E-state index contributed by atoms with van der Waals surface area (Å²) in [4.78, 5) is 13.5. The first-order valence-electron chi connectivity index (χ1n) is 6.08. The Bertz CT molecular complexity index is 557. The van der Waals surface area contributed by atoms with E-state index < -0.39 is 18.9 Å². The minimum atomic E-state index is -3.61. The lowest BCUT2D eigenvalue weighted by Crippen LogP contribution is -2.42. The van der Waals surface area contributed by atoms with Crippen LogP contribution in [0.3, 0.4) is 0 Å². The molecule has 0 radical (unpaired) electrons. The summed E-state index contributed by atoms with van der Waals surface area (Å²) in [6, 6.07) is -0.0842. The van der Waals surface area contributed by atoms with E-state index in [0.717, 1.165) is 0 Å². The van der Waals surface area contributed by atoms with Crippen LogP contribution in [0.25, 0.3) is 0 Å². The van der Waals surface area contributed by atoms with Crippen molar-refractivity contribution in [1.29, 1.82) is 0 Å². The van der Waals surface area contributed by atoms with Gasteiger partial charge in [-0.2, -0.15) is 0 Å². The van der Waals surface area contributed by atoms with Crippen LogP contribution in [-0.2, 0) is 23.7 Å². The average Bonchev–Trinajstić information content (AvgIpc) is 2.56. The number of halogens is 1. The molecule has 2 aliphatic heterocycles. The van der Waals surface area contributed by atoms with Gasteiger partial charge in [0, 0.05) is 35.6 Å². The summed E-state index contributed by atoms with van der Waals surface area (Å²) < 4.78 is 44.7. The summed E-state index contributed by atoms with van der Waals surface area (Å²) in [5, 5.41) is 0. The maximum absolute atomic E-state index is 11.9. The molecule has 2 saturated heterocycles. The maximum Gasteiger partial charge on any atom is 0.232 e. The Balaban J connectivity index is 1.97. The Morgan fingerprint density at radius 3 is 2.37 bits per heavy atom. The Morgan fingerprint density at radius 1 is 1.26 bits per heavy atom. The van der Waals surface area contributed by atoms with E-state index >= 15 is 0 Å². The van der Waals surface area contributed by atoms with Gasteiger partial charge in [-0.25, -0.2) is 16.8 Å². The zero-order chi connectivity index (χ0) is 14.3. The van der Waals surface area contributed by atoms with Crippen LogP contribution in [0.4, 0.5) is 0 Å². The predicted octanol–water partition coefficient (Wildman–Crippen LogP) is -0.0193. The molecular weight excluding hydrogens is 314 g/mol. The number of nitrogens with zero attached hydrogens (tertiary/aromatic N) is 1. The zero-order valence-corrected chi connectivity index (χ0v) is 12.7. The van der Waals surface area contributed by atoms with Crippen molar-refractivity contribution < 1.29 is 21.6 Å². The second kappa shape index (κ2) is 5.21. The molecule has 1 amide bonds. The third-order valence-electron chi connectivity index (χ3n) is 3.64. The minimum absolute atomic E-state index is 0.0842. The first-order chi connectivity index (χ1) is 8.66. The lowest BCUT2D eigenvalue weighted by molar-refractivity contribution is -0.129. The molecule has 2 heterocycles. The lowest BCUT2D eigenvalue weighted by atomic mass is 10.1.